The molecule has 0 bridgehead atoms. The first kappa shape index (κ1) is 15.7. The van der Waals surface area contributed by atoms with E-state index in [2.05, 4.69) is 9.84 Å². The van der Waals surface area contributed by atoms with Gasteiger partial charge in [-0.05, 0) is 6.92 Å². The van der Waals surface area contributed by atoms with Crippen molar-refractivity contribution < 1.29 is 22.7 Å². The fourth-order valence-corrected chi connectivity index (χ4v) is 4.09. The number of aromatic nitrogens is 2. The number of hydrogen-bond acceptors (Lipinski definition) is 7. The van der Waals surface area contributed by atoms with Gasteiger partial charge in [-0.25, -0.2) is 8.42 Å². The van der Waals surface area contributed by atoms with Gasteiger partial charge in [0.2, 0.25) is 10.0 Å². The lowest BCUT2D eigenvalue weighted by atomic mass is 10.3. The Labute approximate surface area is 122 Å². The number of aryl methyl sites for hydroxylation is 1. The Kier molecular flexibility index (Phi) is 4.21. The number of rotatable bonds is 3. The number of methoxy groups -OCH3 is 1. The minimum atomic E-state index is -3.96. The predicted molar refractivity (Wildman–Crippen MR) is 72.9 cm³/mol. The highest BCUT2D eigenvalue weighted by Gasteiger charge is 2.41. The Balaban J connectivity index is 2.48. The quantitative estimate of drug-likeness (QED) is 0.701. The number of hydrogen-bond donors (Lipinski definition) is 1. The van der Waals surface area contributed by atoms with Crippen molar-refractivity contribution in [2.24, 2.45) is 7.05 Å². The van der Waals surface area contributed by atoms with E-state index in [1.165, 1.54) is 11.8 Å². The summed E-state index contributed by atoms with van der Waals surface area (Å²) in [6.07, 6.45) is 0. The van der Waals surface area contributed by atoms with Crippen LogP contribution in [-0.4, -0.2) is 61.4 Å². The summed E-state index contributed by atoms with van der Waals surface area (Å²) in [7, 11) is -1.16. The van der Waals surface area contributed by atoms with E-state index in [0.717, 1.165) is 4.31 Å². The van der Waals surface area contributed by atoms with Crippen LogP contribution in [0.4, 0.5) is 5.82 Å². The number of carbonyl (C=O) groups excluding carboxylic acids is 1. The molecule has 2 rings (SSSR count). The molecule has 1 aromatic heterocycles. The Morgan fingerprint density at radius 3 is 2.71 bits per heavy atom. The van der Waals surface area contributed by atoms with E-state index in [9.17, 15) is 13.2 Å². The number of nitrogens with zero attached hydrogens (tertiary/aromatic N) is 3. The molecule has 1 aliphatic heterocycles. The van der Waals surface area contributed by atoms with Crippen LogP contribution >= 0.6 is 0 Å². The molecule has 9 nitrogen and oxygen atoms in total. The van der Waals surface area contributed by atoms with E-state index in [0.29, 0.717) is 5.69 Å². The molecule has 0 aliphatic carbocycles. The molecule has 118 valence electrons. The summed E-state index contributed by atoms with van der Waals surface area (Å²) in [4.78, 5) is 11.7. The molecule has 1 fully saturated rings. The first-order chi connectivity index (χ1) is 9.80. The maximum Gasteiger partial charge on any atom is 0.326 e. The van der Waals surface area contributed by atoms with E-state index in [4.69, 9.17) is 10.5 Å². The lowest BCUT2D eigenvalue weighted by Gasteiger charge is -2.32. The number of sulfonamides is 1. The van der Waals surface area contributed by atoms with Gasteiger partial charge in [0.15, 0.2) is 5.82 Å². The van der Waals surface area contributed by atoms with Crippen LogP contribution in [0.5, 0.6) is 0 Å². The average molecular weight is 318 g/mol. The van der Waals surface area contributed by atoms with Gasteiger partial charge in [-0.1, -0.05) is 0 Å². The molecule has 1 atom stereocenters. The minimum absolute atomic E-state index is 0.0505. The van der Waals surface area contributed by atoms with E-state index in [-0.39, 0.29) is 30.5 Å². The third-order valence-electron chi connectivity index (χ3n) is 3.42. The lowest BCUT2D eigenvalue weighted by Crippen LogP contribution is -2.53. The molecule has 1 unspecified atom stereocenters. The second-order valence-corrected chi connectivity index (χ2v) is 6.48. The molecule has 0 amide bonds. The van der Waals surface area contributed by atoms with Gasteiger partial charge in [0.1, 0.15) is 10.9 Å². The summed E-state index contributed by atoms with van der Waals surface area (Å²) >= 11 is 0. The predicted octanol–water partition coefficient (Wildman–Crippen LogP) is -1.13. The van der Waals surface area contributed by atoms with Crippen molar-refractivity contribution in [3.63, 3.8) is 0 Å². The molecular weight excluding hydrogens is 300 g/mol. The first-order valence-electron chi connectivity index (χ1n) is 6.27. The Bertz CT molecular complexity index is 654. The normalized spacial score (nSPS) is 20.4. The van der Waals surface area contributed by atoms with Crippen LogP contribution in [0.2, 0.25) is 0 Å². The van der Waals surface area contributed by atoms with Crippen molar-refractivity contribution in [3.8, 4) is 0 Å². The summed E-state index contributed by atoms with van der Waals surface area (Å²) in [5.41, 5.74) is 6.11. The number of anilines is 1. The van der Waals surface area contributed by atoms with Crippen molar-refractivity contribution in [2.45, 2.75) is 17.9 Å². The molecule has 0 radical (unpaired) electrons. The summed E-state index contributed by atoms with van der Waals surface area (Å²) in [6, 6.07) is -1.02. The van der Waals surface area contributed by atoms with Crippen LogP contribution in [0.15, 0.2) is 4.90 Å². The third-order valence-corrected chi connectivity index (χ3v) is 5.50. The van der Waals surface area contributed by atoms with Crippen LogP contribution in [0, 0.1) is 6.92 Å². The highest BCUT2D eigenvalue weighted by molar-refractivity contribution is 7.89. The summed E-state index contributed by atoms with van der Waals surface area (Å²) in [5, 5.41) is 3.90. The molecule has 10 heteroatoms. The topological polar surface area (TPSA) is 117 Å². The maximum atomic E-state index is 12.8. The Hall–Kier alpha value is -1.65. The lowest BCUT2D eigenvalue weighted by molar-refractivity contribution is -0.149. The van der Waals surface area contributed by atoms with Crippen LogP contribution in [0.1, 0.15) is 5.69 Å². The number of morpholine rings is 1. The van der Waals surface area contributed by atoms with Crippen LogP contribution in [0.3, 0.4) is 0 Å². The Morgan fingerprint density at radius 1 is 1.52 bits per heavy atom. The van der Waals surface area contributed by atoms with Gasteiger partial charge in [-0.2, -0.15) is 9.40 Å². The minimum Gasteiger partial charge on any atom is -0.468 e. The van der Waals surface area contributed by atoms with Gasteiger partial charge in [0.05, 0.1) is 26.0 Å². The smallest absolute Gasteiger partial charge is 0.326 e. The van der Waals surface area contributed by atoms with Gasteiger partial charge in [0, 0.05) is 13.6 Å². The van der Waals surface area contributed by atoms with E-state index >= 15 is 0 Å². The maximum absolute atomic E-state index is 12.8. The van der Waals surface area contributed by atoms with Crippen molar-refractivity contribution in [1.82, 2.24) is 14.1 Å². The molecule has 1 saturated heterocycles. The van der Waals surface area contributed by atoms with Crippen LogP contribution < -0.4 is 5.73 Å². The molecule has 0 aromatic carbocycles. The second-order valence-electron chi connectivity index (χ2n) is 4.65. The zero-order chi connectivity index (χ0) is 15.8. The average Bonchev–Trinajstić information content (AvgIpc) is 2.71. The summed E-state index contributed by atoms with van der Waals surface area (Å²) < 4.78 is 37.9. The zero-order valence-electron chi connectivity index (χ0n) is 12.1. The van der Waals surface area contributed by atoms with Gasteiger partial charge < -0.3 is 15.2 Å². The third kappa shape index (κ3) is 2.61. The molecule has 2 heterocycles. The standard InChI is InChI=1S/C11H18N4O5S/c1-7-9(10(12)13-14(7)2)21(17,18)15-4-5-20-6-8(15)11(16)19-3/h8H,4-6H2,1-3H3,(H2,12,13). The Morgan fingerprint density at radius 2 is 2.19 bits per heavy atom. The van der Waals surface area contributed by atoms with Crippen molar-refractivity contribution >= 4 is 21.8 Å². The van der Waals surface area contributed by atoms with Gasteiger partial charge in [-0.15, -0.1) is 0 Å². The molecule has 21 heavy (non-hydrogen) atoms. The highest BCUT2D eigenvalue weighted by atomic mass is 32.2. The number of nitrogens with two attached hydrogens (primary N) is 1. The molecule has 0 spiro atoms. The largest absolute Gasteiger partial charge is 0.468 e. The van der Waals surface area contributed by atoms with E-state index in [1.807, 2.05) is 0 Å². The zero-order valence-corrected chi connectivity index (χ0v) is 12.9. The number of ether oxygens (including phenoxy) is 2. The molecule has 1 aromatic rings. The number of carbonyl (C=O) groups is 1. The first-order valence-corrected chi connectivity index (χ1v) is 7.71. The summed E-state index contributed by atoms with van der Waals surface area (Å²) in [6.45, 7) is 1.80. The number of nitrogen functional groups attached to an aromatic ring is 1. The van der Waals surface area contributed by atoms with Crippen molar-refractivity contribution in [3.05, 3.63) is 5.69 Å². The highest BCUT2D eigenvalue weighted by Crippen LogP contribution is 2.27. The van der Waals surface area contributed by atoms with Crippen LogP contribution in [0.25, 0.3) is 0 Å². The fraction of sp³-hybridized carbons (Fsp3) is 0.636. The fourth-order valence-electron chi connectivity index (χ4n) is 2.25. The molecule has 0 saturated carbocycles. The van der Waals surface area contributed by atoms with Gasteiger partial charge >= 0.3 is 5.97 Å². The molecule has 1 aliphatic rings. The van der Waals surface area contributed by atoms with Crippen molar-refractivity contribution in [2.75, 3.05) is 32.6 Å². The molecular formula is C11H18N4O5S. The number of esters is 1. The van der Waals surface area contributed by atoms with Gasteiger partial charge in [-0.3, -0.25) is 9.48 Å². The monoisotopic (exact) mass is 318 g/mol. The summed E-state index contributed by atoms with van der Waals surface area (Å²) in [5.74, 6) is -0.761. The van der Waals surface area contributed by atoms with Crippen LogP contribution in [-0.2, 0) is 31.3 Å². The van der Waals surface area contributed by atoms with E-state index in [1.54, 1.807) is 14.0 Å². The van der Waals surface area contributed by atoms with E-state index < -0.39 is 22.0 Å². The second kappa shape index (κ2) is 5.62. The molecule has 2 N–H and O–H groups in total. The van der Waals surface area contributed by atoms with Gasteiger partial charge in [0.25, 0.3) is 0 Å². The SMILES string of the molecule is COC(=O)C1COCCN1S(=O)(=O)c1c(N)nn(C)c1C. The van der Waals surface area contributed by atoms with Crippen molar-refractivity contribution in [1.29, 1.82) is 0 Å².